The van der Waals surface area contributed by atoms with Crippen LogP contribution in [0.15, 0.2) is 24.7 Å². The zero-order valence-corrected chi connectivity index (χ0v) is 18.5. The molecule has 0 saturated carbocycles. The predicted octanol–water partition coefficient (Wildman–Crippen LogP) is 0.902. The SMILES string of the molecule is C[C@H]1O[C@@H](n2c(NC3CCOCC3)nc3c(OCc4ccc(C#N)nc4)ncnc32)[C@H](O)[C@@H]1O. The summed E-state index contributed by atoms with van der Waals surface area (Å²) in [6.07, 6.45) is 0.878. The Kier molecular flexibility index (Phi) is 6.25. The van der Waals surface area contributed by atoms with Gasteiger partial charge < -0.3 is 29.7 Å². The minimum absolute atomic E-state index is 0.118. The average molecular weight is 467 g/mol. The van der Waals surface area contributed by atoms with E-state index in [1.54, 1.807) is 29.8 Å². The van der Waals surface area contributed by atoms with Crippen LogP contribution >= 0.6 is 0 Å². The number of imidazole rings is 1. The van der Waals surface area contributed by atoms with E-state index in [9.17, 15) is 10.2 Å². The van der Waals surface area contributed by atoms with Crippen molar-refractivity contribution in [2.75, 3.05) is 18.5 Å². The molecule has 3 N–H and O–H groups in total. The number of aliphatic hydroxyl groups excluding tert-OH is 2. The molecule has 178 valence electrons. The first-order valence-corrected chi connectivity index (χ1v) is 11.1. The molecule has 5 heterocycles. The first-order chi connectivity index (χ1) is 16.5. The lowest BCUT2D eigenvalue weighted by molar-refractivity contribution is -0.0288. The lowest BCUT2D eigenvalue weighted by Gasteiger charge is -2.25. The zero-order chi connectivity index (χ0) is 23.7. The van der Waals surface area contributed by atoms with Gasteiger partial charge in [0.15, 0.2) is 17.4 Å². The fraction of sp³-hybridized carbons (Fsp3) is 0.500. The molecular formula is C22H25N7O5. The van der Waals surface area contributed by atoms with Gasteiger partial charge in [-0.15, -0.1) is 0 Å². The average Bonchev–Trinajstić information content (AvgIpc) is 3.35. The summed E-state index contributed by atoms with van der Waals surface area (Å²) in [5.74, 6) is 0.696. The van der Waals surface area contributed by atoms with E-state index in [0.29, 0.717) is 36.0 Å². The molecule has 12 heteroatoms. The number of aromatic nitrogens is 5. The second-order valence-electron chi connectivity index (χ2n) is 8.35. The Morgan fingerprint density at radius 3 is 2.71 bits per heavy atom. The van der Waals surface area contributed by atoms with Crippen LogP contribution in [0.3, 0.4) is 0 Å². The highest BCUT2D eigenvalue weighted by atomic mass is 16.6. The number of aliphatic hydroxyl groups is 2. The van der Waals surface area contributed by atoms with Crippen molar-refractivity contribution in [2.24, 2.45) is 0 Å². The summed E-state index contributed by atoms with van der Waals surface area (Å²) in [5.41, 5.74) is 1.88. The van der Waals surface area contributed by atoms with E-state index in [-0.39, 0.29) is 18.5 Å². The largest absolute Gasteiger partial charge is 0.471 e. The summed E-state index contributed by atoms with van der Waals surface area (Å²) in [6, 6.07) is 5.47. The van der Waals surface area contributed by atoms with Crippen LogP contribution in [0.4, 0.5) is 5.95 Å². The Labute approximate surface area is 195 Å². The van der Waals surface area contributed by atoms with Crippen molar-refractivity contribution in [1.29, 1.82) is 5.26 Å². The number of pyridine rings is 1. The van der Waals surface area contributed by atoms with Gasteiger partial charge in [-0.2, -0.15) is 10.2 Å². The van der Waals surface area contributed by atoms with Crippen LogP contribution in [0.5, 0.6) is 5.88 Å². The van der Waals surface area contributed by atoms with Gasteiger partial charge in [-0.05, 0) is 25.8 Å². The van der Waals surface area contributed by atoms with E-state index >= 15 is 0 Å². The monoisotopic (exact) mass is 467 g/mol. The number of ether oxygens (including phenoxy) is 3. The molecule has 2 saturated heterocycles. The van der Waals surface area contributed by atoms with Crippen molar-refractivity contribution < 1.29 is 24.4 Å². The molecule has 0 aliphatic carbocycles. The molecule has 0 unspecified atom stereocenters. The van der Waals surface area contributed by atoms with E-state index in [1.807, 2.05) is 6.07 Å². The summed E-state index contributed by atoms with van der Waals surface area (Å²) < 4.78 is 18.9. The third kappa shape index (κ3) is 4.26. The number of hydrogen-bond donors (Lipinski definition) is 3. The Balaban J connectivity index is 1.49. The van der Waals surface area contributed by atoms with Crippen molar-refractivity contribution in [3.05, 3.63) is 35.9 Å². The summed E-state index contributed by atoms with van der Waals surface area (Å²) in [4.78, 5) is 17.4. The number of nitrogens with one attached hydrogen (secondary N) is 1. The highest BCUT2D eigenvalue weighted by molar-refractivity contribution is 5.79. The summed E-state index contributed by atoms with van der Waals surface area (Å²) in [7, 11) is 0. The number of hydrogen-bond acceptors (Lipinski definition) is 11. The van der Waals surface area contributed by atoms with E-state index in [1.165, 1.54) is 6.33 Å². The summed E-state index contributed by atoms with van der Waals surface area (Å²) in [6.45, 7) is 3.15. The van der Waals surface area contributed by atoms with Gasteiger partial charge in [0, 0.05) is 31.0 Å². The predicted molar refractivity (Wildman–Crippen MR) is 118 cm³/mol. The van der Waals surface area contributed by atoms with Crippen LogP contribution in [0.1, 0.15) is 37.3 Å². The molecule has 0 aromatic carbocycles. The number of fused-ring (bicyclic) bond motifs is 1. The van der Waals surface area contributed by atoms with Crippen LogP contribution in [0, 0.1) is 11.3 Å². The summed E-state index contributed by atoms with van der Waals surface area (Å²) >= 11 is 0. The zero-order valence-electron chi connectivity index (χ0n) is 18.5. The van der Waals surface area contributed by atoms with Crippen molar-refractivity contribution in [3.8, 4) is 11.9 Å². The van der Waals surface area contributed by atoms with E-state index in [4.69, 9.17) is 24.5 Å². The van der Waals surface area contributed by atoms with E-state index in [2.05, 4.69) is 20.3 Å². The van der Waals surface area contributed by atoms with Gasteiger partial charge in [-0.3, -0.25) is 4.57 Å². The molecule has 5 rings (SSSR count). The van der Waals surface area contributed by atoms with Crippen molar-refractivity contribution in [2.45, 2.75) is 57.0 Å². The Bertz CT molecular complexity index is 1190. The molecule has 3 aromatic heterocycles. The van der Waals surface area contributed by atoms with E-state index in [0.717, 1.165) is 18.4 Å². The van der Waals surface area contributed by atoms with Crippen LogP contribution in [0.25, 0.3) is 11.2 Å². The molecule has 0 amide bonds. The quantitative estimate of drug-likeness (QED) is 0.472. The van der Waals surface area contributed by atoms with Crippen LogP contribution < -0.4 is 10.1 Å². The normalized spacial score (nSPS) is 25.4. The van der Waals surface area contributed by atoms with Crippen molar-refractivity contribution >= 4 is 17.1 Å². The topological polar surface area (TPSA) is 160 Å². The Morgan fingerprint density at radius 2 is 2.03 bits per heavy atom. The number of nitriles is 1. The smallest absolute Gasteiger partial charge is 0.245 e. The number of rotatable bonds is 6. The molecule has 0 radical (unpaired) electrons. The van der Waals surface area contributed by atoms with Gasteiger partial charge in [-0.1, -0.05) is 6.07 Å². The second-order valence-corrected chi connectivity index (χ2v) is 8.35. The molecule has 0 bridgehead atoms. The van der Waals surface area contributed by atoms with Gasteiger partial charge in [0.05, 0.1) is 6.10 Å². The maximum Gasteiger partial charge on any atom is 0.245 e. The fourth-order valence-corrected chi connectivity index (χ4v) is 4.13. The second kappa shape index (κ2) is 9.47. The van der Waals surface area contributed by atoms with E-state index < -0.39 is 24.5 Å². The molecule has 0 spiro atoms. The van der Waals surface area contributed by atoms with Crippen molar-refractivity contribution in [1.82, 2.24) is 24.5 Å². The fourth-order valence-electron chi connectivity index (χ4n) is 4.13. The lowest BCUT2D eigenvalue weighted by Crippen LogP contribution is -2.33. The molecular weight excluding hydrogens is 442 g/mol. The van der Waals surface area contributed by atoms with Gasteiger partial charge in [0.1, 0.15) is 36.9 Å². The van der Waals surface area contributed by atoms with Gasteiger partial charge in [0.2, 0.25) is 11.8 Å². The molecule has 3 aromatic rings. The first kappa shape index (κ1) is 22.4. The van der Waals surface area contributed by atoms with Crippen molar-refractivity contribution in [3.63, 3.8) is 0 Å². The number of nitrogens with zero attached hydrogens (tertiary/aromatic N) is 6. The lowest BCUT2D eigenvalue weighted by atomic mass is 10.1. The molecule has 2 fully saturated rings. The van der Waals surface area contributed by atoms with Crippen LogP contribution in [-0.2, 0) is 16.1 Å². The highest BCUT2D eigenvalue weighted by Crippen LogP contribution is 2.36. The third-order valence-electron chi connectivity index (χ3n) is 6.04. The Hall–Kier alpha value is -3.37. The molecule has 2 aliphatic rings. The molecule has 2 aliphatic heterocycles. The third-order valence-corrected chi connectivity index (χ3v) is 6.04. The first-order valence-electron chi connectivity index (χ1n) is 11.1. The maximum atomic E-state index is 10.7. The molecule has 4 atom stereocenters. The maximum absolute atomic E-state index is 10.7. The Morgan fingerprint density at radius 1 is 1.21 bits per heavy atom. The van der Waals surface area contributed by atoms with Gasteiger partial charge in [0.25, 0.3) is 0 Å². The summed E-state index contributed by atoms with van der Waals surface area (Å²) in [5, 5.41) is 33.3. The minimum Gasteiger partial charge on any atom is -0.471 e. The van der Waals surface area contributed by atoms with Gasteiger partial charge >= 0.3 is 0 Å². The minimum atomic E-state index is -1.16. The molecule has 34 heavy (non-hydrogen) atoms. The van der Waals surface area contributed by atoms with Crippen LogP contribution in [-0.4, -0.2) is 72.3 Å². The standard InChI is InChI=1S/C22H25N7O5/c1-12-17(30)18(31)21(34-12)29-19-16(28-22(29)27-14-4-6-32-7-5-14)20(26-11-25-19)33-10-13-2-3-15(8-23)24-9-13/h2-3,9,11-12,14,17-18,21,30-31H,4-7,10H2,1H3,(H,27,28)/t12-,17-,18-,21-/m1/s1. The van der Waals surface area contributed by atoms with Gasteiger partial charge in [-0.25, -0.2) is 15.0 Å². The van der Waals surface area contributed by atoms with Crippen LogP contribution in [0.2, 0.25) is 0 Å². The molecule has 12 nitrogen and oxygen atoms in total. The number of anilines is 1. The highest BCUT2D eigenvalue weighted by Gasteiger charge is 2.43.